The summed E-state index contributed by atoms with van der Waals surface area (Å²) in [5.74, 6) is 0.381. The molecule has 2 atom stereocenters. The Morgan fingerprint density at radius 1 is 1.19 bits per heavy atom. The molecule has 0 aromatic rings. The van der Waals surface area contributed by atoms with Crippen LogP contribution in [0.15, 0.2) is 0 Å². The largest absolute Gasteiger partial charge is 0.393 e. The zero-order chi connectivity index (χ0) is 12.0. The molecular formula is C13H27NO2. The molecule has 0 amide bonds. The Hall–Kier alpha value is -0.120. The van der Waals surface area contributed by atoms with Crippen molar-refractivity contribution >= 4 is 0 Å². The topological polar surface area (TPSA) is 52.5 Å². The standard InChI is InChI=1S/C13H27NO2/c1-3-13(16,4-2)10-14-9-11-7-5-6-8-12(11)15/h11-12,14-16H,3-10H2,1-2H3. The van der Waals surface area contributed by atoms with E-state index in [-0.39, 0.29) is 6.10 Å². The maximum atomic E-state index is 10.1. The van der Waals surface area contributed by atoms with E-state index in [1.165, 1.54) is 6.42 Å². The summed E-state index contributed by atoms with van der Waals surface area (Å²) in [6, 6.07) is 0. The van der Waals surface area contributed by atoms with Gasteiger partial charge in [-0.2, -0.15) is 0 Å². The smallest absolute Gasteiger partial charge is 0.0766 e. The van der Waals surface area contributed by atoms with Gasteiger partial charge in [0.05, 0.1) is 11.7 Å². The average Bonchev–Trinajstić information content (AvgIpc) is 2.31. The Balaban J connectivity index is 2.23. The number of hydrogen-bond donors (Lipinski definition) is 3. The van der Waals surface area contributed by atoms with E-state index < -0.39 is 5.60 Å². The van der Waals surface area contributed by atoms with Crippen LogP contribution < -0.4 is 5.32 Å². The lowest BCUT2D eigenvalue weighted by molar-refractivity contribution is 0.0250. The van der Waals surface area contributed by atoms with Gasteiger partial charge in [-0.1, -0.05) is 26.7 Å². The molecule has 3 N–H and O–H groups in total. The molecule has 0 spiro atoms. The highest BCUT2D eigenvalue weighted by Gasteiger charge is 2.25. The van der Waals surface area contributed by atoms with Crippen molar-refractivity contribution in [2.75, 3.05) is 13.1 Å². The number of nitrogens with one attached hydrogen (secondary N) is 1. The van der Waals surface area contributed by atoms with Gasteiger partial charge in [0, 0.05) is 13.1 Å². The molecule has 1 saturated carbocycles. The van der Waals surface area contributed by atoms with Crippen LogP contribution in [0.25, 0.3) is 0 Å². The molecule has 1 aliphatic carbocycles. The SMILES string of the molecule is CCC(O)(CC)CNCC1CCCCC1O. The van der Waals surface area contributed by atoms with Crippen molar-refractivity contribution in [2.45, 2.75) is 64.1 Å². The highest BCUT2D eigenvalue weighted by atomic mass is 16.3. The van der Waals surface area contributed by atoms with Gasteiger partial charge in [-0.15, -0.1) is 0 Å². The van der Waals surface area contributed by atoms with Crippen LogP contribution in [0.2, 0.25) is 0 Å². The lowest BCUT2D eigenvalue weighted by Crippen LogP contribution is -2.43. The van der Waals surface area contributed by atoms with Crippen molar-refractivity contribution in [3.8, 4) is 0 Å². The van der Waals surface area contributed by atoms with Crippen molar-refractivity contribution in [3.05, 3.63) is 0 Å². The van der Waals surface area contributed by atoms with E-state index in [0.717, 1.165) is 38.6 Å². The fourth-order valence-electron chi connectivity index (χ4n) is 2.42. The third-order valence-corrected chi connectivity index (χ3v) is 4.05. The highest BCUT2D eigenvalue weighted by molar-refractivity contribution is 4.81. The zero-order valence-corrected chi connectivity index (χ0v) is 10.7. The zero-order valence-electron chi connectivity index (χ0n) is 10.7. The van der Waals surface area contributed by atoms with Gasteiger partial charge in [-0.05, 0) is 31.6 Å². The third-order valence-electron chi connectivity index (χ3n) is 4.05. The Bertz CT molecular complexity index is 192. The van der Waals surface area contributed by atoms with E-state index >= 15 is 0 Å². The summed E-state index contributed by atoms with van der Waals surface area (Å²) >= 11 is 0. The molecule has 0 aromatic heterocycles. The number of rotatable bonds is 6. The van der Waals surface area contributed by atoms with Gasteiger partial charge in [0.2, 0.25) is 0 Å². The average molecular weight is 229 g/mol. The minimum atomic E-state index is -0.570. The molecule has 0 bridgehead atoms. The highest BCUT2D eigenvalue weighted by Crippen LogP contribution is 2.23. The molecule has 3 heteroatoms. The lowest BCUT2D eigenvalue weighted by atomic mass is 9.86. The fraction of sp³-hybridized carbons (Fsp3) is 1.00. The van der Waals surface area contributed by atoms with Crippen molar-refractivity contribution < 1.29 is 10.2 Å². The van der Waals surface area contributed by atoms with Crippen LogP contribution in [-0.2, 0) is 0 Å². The predicted octanol–water partition coefficient (Wildman–Crippen LogP) is 1.68. The molecule has 0 saturated heterocycles. The van der Waals surface area contributed by atoms with Crippen LogP contribution in [0.4, 0.5) is 0 Å². The molecule has 0 aliphatic heterocycles. The molecule has 16 heavy (non-hydrogen) atoms. The Morgan fingerprint density at radius 2 is 1.81 bits per heavy atom. The lowest BCUT2D eigenvalue weighted by Gasteiger charge is -2.30. The first-order valence-corrected chi connectivity index (χ1v) is 6.72. The molecule has 0 heterocycles. The van der Waals surface area contributed by atoms with Crippen molar-refractivity contribution in [1.29, 1.82) is 0 Å². The third kappa shape index (κ3) is 4.04. The molecule has 96 valence electrons. The van der Waals surface area contributed by atoms with Gasteiger partial charge >= 0.3 is 0 Å². The Morgan fingerprint density at radius 3 is 2.38 bits per heavy atom. The first-order valence-electron chi connectivity index (χ1n) is 6.72. The number of aliphatic hydroxyl groups excluding tert-OH is 1. The molecule has 1 rings (SSSR count). The van der Waals surface area contributed by atoms with Gasteiger partial charge in [-0.3, -0.25) is 0 Å². The Kier molecular flexibility index (Phi) is 5.73. The van der Waals surface area contributed by atoms with Crippen LogP contribution in [0, 0.1) is 5.92 Å². The van der Waals surface area contributed by atoms with Crippen molar-refractivity contribution in [1.82, 2.24) is 5.32 Å². The fourth-order valence-corrected chi connectivity index (χ4v) is 2.42. The van der Waals surface area contributed by atoms with Crippen LogP contribution in [0.5, 0.6) is 0 Å². The quantitative estimate of drug-likeness (QED) is 0.649. The minimum absolute atomic E-state index is 0.141. The van der Waals surface area contributed by atoms with Crippen molar-refractivity contribution in [2.24, 2.45) is 5.92 Å². The summed E-state index contributed by atoms with van der Waals surface area (Å²) in [7, 11) is 0. The molecule has 2 unspecified atom stereocenters. The van der Waals surface area contributed by atoms with E-state index in [1.54, 1.807) is 0 Å². The predicted molar refractivity (Wildman–Crippen MR) is 66.4 cm³/mol. The summed E-state index contributed by atoms with van der Waals surface area (Å²) in [5.41, 5.74) is -0.570. The second-order valence-corrected chi connectivity index (χ2v) is 5.17. The van der Waals surface area contributed by atoms with E-state index in [2.05, 4.69) is 5.32 Å². The van der Waals surface area contributed by atoms with Crippen LogP contribution in [0.1, 0.15) is 52.4 Å². The minimum Gasteiger partial charge on any atom is -0.393 e. The number of aliphatic hydroxyl groups is 2. The first kappa shape index (κ1) is 13.9. The van der Waals surface area contributed by atoms with Gasteiger partial charge in [0.25, 0.3) is 0 Å². The maximum Gasteiger partial charge on any atom is 0.0766 e. The summed E-state index contributed by atoms with van der Waals surface area (Å²) < 4.78 is 0. The van der Waals surface area contributed by atoms with Crippen LogP contribution in [-0.4, -0.2) is 35.0 Å². The maximum absolute atomic E-state index is 10.1. The summed E-state index contributed by atoms with van der Waals surface area (Å²) in [4.78, 5) is 0. The monoisotopic (exact) mass is 229 g/mol. The summed E-state index contributed by atoms with van der Waals surface area (Å²) in [6.45, 7) is 5.51. The number of hydrogen-bond acceptors (Lipinski definition) is 3. The molecule has 1 fully saturated rings. The normalized spacial score (nSPS) is 27.0. The van der Waals surface area contributed by atoms with E-state index in [4.69, 9.17) is 0 Å². The van der Waals surface area contributed by atoms with Gasteiger partial charge in [-0.25, -0.2) is 0 Å². The van der Waals surface area contributed by atoms with E-state index in [9.17, 15) is 10.2 Å². The molecule has 0 aromatic carbocycles. The van der Waals surface area contributed by atoms with Crippen LogP contribution in [0.3, 0.4) is 0 Å². The van der Waals surface area contributed by atoms with Gasteiger partial charge < -0.3 is 15.5 Å². The van der Waals surface area contributed by atoms with Crippen molar-refractivity contribution in [3.63, 3.8) is 0 Å². The summed E-state index contributed by atoms with van der Waals surface area (Å²) in [6.07, 6.45) is 5.87. The van der Waals surface area contributed by atoms with Crippen LogP contribution >= 0.6 is 0 Å². The van der Waals surface area contributed by atoms with E-state index in [1.807, 2.05) is 13.8 Å². The first-order chi connectivity index (χ1) is 7.61. The second kappa shape index (κ2) is 6.58. The molecule has 3 nitrogen and oxygen atoms in total. The van der Waals surface area contributed by atoms with Gasteiger partial charge in [0.1, 0.15) is 0 Å². The summed E-state index contributed by atoms with van der Waals surface area (Å²) in [5, 5.41) is 23.2. The van der Waals surface area contributed by atoms with Gasteiger partial charge in [0.15, 0.2) is 0 Å². The van der Waals surface area contributed by atoms with E-state index in [0.29, 0.717) is 12.5 Å². The second-order valence-electron chi connectivity index (χ2n) is 5.17. The molecule has 1 aliphatic rings. The Labute approximate surface area is 99.3 Å². The molecular weight excluding hydrogens is 202 g/mol. The molecule has 0 radical (unpaired) electrons.